The van der Waals surface area contributed by atoms with E-state index in [4.69, 9.17) is 4.74 Å². The van der Waals surface area contributed by atoms with Gasteiger partial charge in [-0.15, -0.1) is 0 Å². The zero-order valence-corrected chi connectivity index (χ0v) is 12.4. The number of methoxy groups -OCH3 is 1. The third-order valence-corrected chi connectivity index (χ3v) is 3.96. The van der Waals surface area contributed by atoms with E-state index in [0.29, 0.717) is 16.8 Å². The fraction of sp³-hybridized carbons (Fsp3) is 0.176. The molecule has 1 unspecified atom stereocenters. The lowest BCUT2D eigenvalue weighted by Gasteiger charge is -2.27. The van der Waals surface area contributed by atoms with E-state index in [1.54, 1.807) is 24.3 Å². The van der Waals surface area contributed by atoms with Gasteiger partial charge in [0.2, 0.25) is 5.91 Å². The maximum atomic E-state index is 12.0. The van der Waals surface area contributed by atoms with Crippen molar-refractivity contribution in [3.05, 3.63) is 53.1 Å². The monoisotopic (exact) mass is 313 g/mol. The molecule has 0 aromatic heterocycles. The van der Waals surface area contributed by atoms with Gasteiger partial charge in [-0.2, -0.15) is 0 Å². The van der Waals surface area contributed by atoms with Gasteiger partial charge in [0, 0.05) is 24.1 Å². The zero-order valence-electron chi connectivity index (χ0n) is 12.4. The van der Waals surface area contributed by atoms with Gasteiger partial charge in [0.1, 0.15) is 0 Å². The SMILES string of the molecule is COc1cc2c(cc1O)NC(=O)CC2c1ccccc1C(=O)O. The highest BCUT2D eigenvalue weighted by Gasteiger charge is 2.30. The number of aromatic carboxylic acids is 1. The van der Waals surface area contributed by atoms with Crippen LogP contribution in [0.15, 0.2) is 36.4 Å². The highest BCUT2D eigenvalue weighted by atomic mass is 16.5. The molecule has 0 saturated carbocycles. The zero-order chi connectivity index (χ0) is 16.6. The van der Waals surface area contributed by atoms with Gasteiger partial charge < -0.3 is 20.3 Å². The van der Waals surface area contributed by atoms with Crippen molar-refractivity contribution in [3.63, 3.8) is 0 Å². The molecule has 23 heavy (non-hydrogen) atoms. The molecule has 1 aliphatic rings. The predicted octanol–water partition coefficient (Wildman–Crippen LogP) is 2.57. The fourth-order valence-corrected chi connectivity index (χ4v) is 2.91. The summed E-state index contributed by atoms with van der Waals surface area (Å²) in [5.41, 5.74) is 1.90. The lowest BCUT2D eigenvalue weighted by molar-refractivity contribution is -0.116. The number of carbonyl (C=O) groups excluding carboxylic acids is 1. The number of benzene rings is 2. The number of nitrogens with one attached hydrogen (secondary N) is 1. The summed E-state index contributed by atoms with van der Waals surface area (Å²) in [5.74, 6) is -1.50. The Hall–Kier alpha value is -3.02. The molecule has 0 radical (unpaired) electrons. The van der Waals surface area contributed by atoms with E-state index in [0.717, 1.165) is 0 Å². The second kappa shape index (κ2) is 5.64. The number of amides is 1. The van der Waals surface area contributed by atoms with Crippen molar-refractivity contribution < 1.29 is 24.5 Å². The van der Waals surface area contributed by atoms with Crippen LogP contribution in [0.1, 0.15) is 33.8 Å². The van der Waals surface area contributed by atoms with Gasteiger partial charge in [0.25, 0.3) is 0 Å². The van der Waals surface area contributed by atoms with Gasteiger partial charge in [-0.25, -0.2) is 4.79 Å². The molecule has 1 amide bonds. The van der Waals surface area contributed by atoms with Crippen molar-refractivity contribution in [2.45, 2.75) is 12.3 Å². The molecular formula is C17H15NO5. The minimum atomic E-state index is -1.04. The number of carbonyl (C=O) groups is 2. The van der Waals surface area contributed by atoms with Crippen LogP contribution in [0.3, 0.4) is 0 Å². The standard InChI is InChI=1S/C17H15NO5/c1-23-15-6-12-11(7-16(20)18-13(12)8-14(15)19)9-4-2-3-5-10(9)17(21)22/h2-6,8,11,19H,7H2,1H3,(H,18,20)(H,21,22). The summed E-state index contributed by atoms with van der Waals surface area (Å²) in [5, 5.41) is 22.0. The van der Waals surface area contributed by atoms with Crippen molar-refractivity contribution in [2.75, 3.05) is 12.4 Å². The third kappa shape index (κ3) is 2.59. The highest BCUT2D eigenvalue weighted by molar-refractivity contribution is 5.97. The van der Waals surface area contributed by atoms with E-state index >= 15 is 0 Å². The Morgan fingerprint density at radius 2 is 2.00 bits per heavy atom. The van der Waals surface area contributed by atoms with E-state index in [2.05, 4.69) is 5.32 Å². The molecule has 0 spiro atoms. The summed E-state index contributed by atoms with van der Waals surface area (Å²) in [7, 11) is 1.43. The highest BCUT2D eigenvalue weighted by Crippen LogP contribution is 2.43. The summed E-state index contributed by atoms with van der Waals surface area (Å²) >= 11 is 0. The molecule has 0 saturated heterocycles. The maximum Gasteiger partial charge on any atom is 0.335 e. The topological polar surface area (TPSA) is 95.9 Å². The molecule has 0 aliphatic carbocycles. The second-order valence-corrected chi connectivity index (χ2v) is 5.31. The van der Waals surface area contributed by atoms with E-state index in [9.17, 15) is 19.8 Å². The smallest absolute Gasteiger partial charge is 0.335 e. The van der Waals surface area contributed by atoms with Gasteiger partial charge in [0.05, 0.1) is 12.7 Å². The first-order valence-electron chi connectivity index (χ1n) is 7.04. The first-order chi connectivity index (χ1) is 11.0. The van der Waals surface area contributed by atoms with Gasteiger partial charge in [-0.1, -0.05) is 18.2 Å². The van der Waals surface area contributed by atoms with Crippen LogP contribution < -0.4 is 10.1 Å². The number of rotatable bonds is 3. The summed E-state index contributed by atoms with van der Waals surface area (Å²) in [6.45, 7) is 0. The van der Waals surface area contributed by atoms with Crippen LogP contribution in [0.25, 0.3) is 0 Å². The molecule has 6 heteroatoms. The van der Waals surface area contributed by atoms with Gasteiger partial charge in [-0.05, 0) is 23.3 Å². The minimum Gasteiger partial charge on any atom is -0.504 e. The predicted molar refractivity (Wildman–Crippen MR) is 83.1 cm³/mol. The number of carboxylic acid groups (broad SMARTS) is 1. The quantitative estimate of drug-likeness (QED) is 0.809. The van der Waals surface area contributed by atoms with Gasteiger partial charge in [0.15, 0.2) is 11.5 Å². The number of hydrogen-bond donors (Lipinski definition) is 3. The van der Waals surface area contributed by atoms with Crippen molar-refractivity contribution in [1.82, 2.24) is 0 Å². The molecule has 1 atom stereocenters. The first-order valence-corrected chi connectivity index (χ1v) is 7.04. The number of aromatic hydroxyl groups is 1. The maximum absolute atomic E-state index is 12.0. The number of ether oxygens (including phenoxy) is 1. The lowest BCUT2D eigenvalue weighted by Crippen LogP contribution is -2.24. The summed E-state index contributed by atoms with van der Waals surface area (Å²) < 4.78 is 5.12. The number of fused-ring (bicyclic) bond motifs is 1. The Morgan fingerprint density at radius 3 is 2.70 bits per heavy atom. The number of phenolic OH excluding ortho intramolecular Hbond substituents is 1. The van der Waals surface area contributed by atoms with Crippen LogP contribution in [-0.4, -0.2) is 29.2 Å². The van der Waals surface area contributed by atoms with Crippen LogP contribution >= 0.6 is 0 Å². The van der Waals surface area contributed by atoms with Crippen molar-refractivity contribution >= 4 is 17.6 Å². The molecule has 0 bridgehead atoms. The average Bonchev–Trinajstić information content (AvgIpc) is 2.53. The Kier molecular flexibility index (Phi) is 3.65. The van der Waals surface area contributed by atoms with Crippen LogP contribution in [0.2, 0.25) is 0 Å². The normalized spacial score (nSPS) is 16.4. The second-order valence-electron chi connectivity index (χ2n) is 5.31. The van der Waals surface area contributed by atoms with Gasteiger partial charge >= 0.3 is 5.97 Å². The van der Waals surface area contributed by atoms with Crippen molar-refractivity contribution in [3.8, 4) is 11.5 Å². The van der Waals surface area contributed by atoms with Crippen LogP contribution in [-0.2, 0) is 4.79 Å². The van der Waals surface area contributed by atoms with Crippen LogP contribution in [0, 0.1) is 0 Å². The first kappa shape index (κ1) is 14.9. The van der Waals surface area contributed by atoms with E-state index in [1.165, 1.54) is 19.2 Å². The Bertz CT molecular complexity index is 800. The number of anilines is 1. The molecule has 3 rings (SSSR count). The Labute approximate surface area is 132 Å². The fourth-order valence-electron chi connectivity index (χ4n) is 2.91. The van der Waals surface area contributed by atoms with Crippen LogP contribution in [0.4, 0.5) is 5.69 Å². The largest absolute Gasteiger partial charge is 0.504 e. The van der Waals surface area contributed by atoms with Crippen molar-refractivity contribution in [2.24, 2.45) is 0 Å². The van der Waals surface area contributed by atoms with E-state index in [1.807, 2.05) is 0 Å². The van der Waals surface area contributed by atoms with Crippen molar-refractivity contribution in [1.29, 1.82) is 0 Å². The summed E-state index contributed by atoms with van der Waals surface area (Å²) in [6, 6.07) is 9.66. The number of carboxylic acids is 1. The minimum absolute atomic E-state index is 0.0845. The number of phenols is 1. The number of hydrogen-bond acceptors (Lipinski definition) is 4. The molecule has 118 valence electrons. The Balaban J connectivity index is 2.19. The van der Waals surface area contributed by atoms with E-state index in [-0.39, 0.29) is 29.4 Å². The molecule has 2 aromatic carbocycles. The van der Waals surface area contributed by atoms with E-state index < -0.39 is 11.9 Å². The Morgan fingerprint density at radius 1 is 1.26 bits per heavy atom. The third-order valence-electron chi connectivity index (χ3n) is 3.96. The average molecular weight is 313 g/mol. The van der Waals surface area contributed by atoms with Gasteiger partial charge in [-0.3, -0.25) is 4.79 Å². The van der Waals surface area contributed by atoms with Crippen LogP contribution in [0.5, 0.6) is 11.5 Å². The molecule has 2 aromatic rings. The molecular weight excluding hydrogens is 298 g/mol. The molecule has 1 heterocycles. The molecule has 1 aliphatic heterocycles. The summed E-state index contributed by atoms with van der Waals surface area (Å²) in [4.78, 5) is 23.5. The molecule has 3 N–H and O–H groups in total. The molecule has 0 fully saturated rings. The summed E-state index contributed by atoms with van der Waals surface area (Å²) in [6.07, 6.45) is 0.130. The molecule has 6 nitrogen and oxygen atoms in total. The lowest BCUT2D eigenvalue weighted by atomic mass is 9.82.